The highest BCUT2D eigenvalue weighted by Crippen LogP contribution is 2.24. The Labute approximate surface area is 178 Å². The Hall–Kier alpha value is -2.35. The van der Waals surface area contributed by atoms with Gasteiger partial charge in [-0.15, -0.1) is 0 Å². The SMILES string of the molecule is CCc1cncnc1CCCCNC(O)c1ccn2c(C(C)C)cc(COC)nc12. The number of hydrogen-bond donors (Lipinski definition) is 2. The minimum absolute atomic E-state index is 0.339. The van der Waals surface area contributed by atoms with E-state index >= 15 is 0 Å². The maximum atomic E-state index is 10.7. The topological polar surface area (TPSA) is 84.6 Å². The van der Waals surface area contributed by atoms with Crippen LogP contribution in [0.2, 0.25) is 0 Å². The van der Waals surface area contributed by atoms with Gasteiger partial charge >= 0.3 is 0 Å². The van der Waals surface area contributed by atoms with E-state index < -0.39 is 6.23 Å². The number of fused-ring (bicyclic) bond motifs is 1. The summed E-state index contributed by atoms with van der Waals surface area (Å²) in [5.41, 5.74) is 5.94. The van der Waals surface area contributed by atoms with E-state index in [0.717, 1.165) is 60.5 Å². The maximum absolute atomic E-state index is 10.7. The molecule has 0 bridgehead atoms. The average molecular weight is 412 g/mol. The second-order valence-corrected chi connectivity index (χ2v) is 7.89. The predicted molar refractivity (Wildman–Crippen MR) is 117 cm³/mol. The molecular weight excluding hydrogens is 378 g/mol. The first-order valence-electron chi connectivity index (χ1n) is 10.7. The summed E-state index contributed by atoms with van der Waals surface area (Å²) in [7, 11) is 1.67. The van der Waals surface area contributed by atoms with Crippen molar-refractivity contribution < 1.29 is 9.84 Å². The third-order valence-corrected chi connectivity index (χ3v) is 5.35. The highest BCUT2D eigenvalue weighted by molar-refractivity contribution is 5.52. The molecule has 0 radical (unpaired) electrons. The molecule has 7 nitrogen and oxygen atoms in total. The van der Waals surface area contributed by atoms with Gasteiger partial charge in [-0.25, -0.2) is 15.0 Å². The van der Waals surface area contributed by atoms with E-state index in [9.17, 15) is 5.11 Å². The monoisotopic (exact) mass is 411 g/mol. The lowest BCUT2D eigenvalue weighted by atomic mass is 10.1. The van der Waals surface area contributed by atoms with Gasteiger partial charge in [-0.3, -0.25) is 5.32 Å². The largest absolute Gasteiger partial charge is 0.378 e. The fourth-order valence-electron chi connectivity index (χ4n) is 3.72. The lowest BCUT2D eigenvalue weighted by Gasteiger charge is -2.15. The number of rotatable bonds is 11. The van der Waals surface area contributed by atoms with E-state index in [1.54, 1.807) is 13.4 Å². The molecule has 0 saturated carbocycles. The van der Waals surface area contributed by atoms with Gasteiger partial charge in [-0.2, -0.15) is 0 Å². The van der Waals surface area contributed by atoms with Crippen molar-refractivity contribution in [3.63, 3.8) is 0 Å². The third kappa shape index (κ3) is 5.22. The molecule has 3 heterocycles. The molecule has 0 saturated heterocycles. The van der Waals surface area contributed by atoms with Crippen LogP contribution in [0.15, 0.2) is 30.9 Å². The van der Waals surface area contributed by atoms with Crippen LogP contribution >= 0.6 is 0 Å². The average Bonchev–Trinajstić information content (AvgIpc) is 3.17. The van der Waals surface area contributed by atoms with E-state index in [2.05, 4.69) is 46.5 Å². The molecule has 0 spiro atoms. The van der Waals surface area contributed by atoms with Crippen LogP contribution in [-0.4, -0.2) is 38.1 Å². The Morgan fingerprint density at radius 1 is 1.27 bits per heavy atom. The minimum atomic E-state index is -0.759. The van der Waals surface area contributed by atoms with Crippen LogP contribution in [-0.2, 0) is 24.2 Å². The van der Waals surface area contributed by atoms with Crippen molar-refractivity contribution in [3.05, 3.63) is 59.1 Å². The Bertz CT molecular complexity index is 954. The molecule has 3 aromatic rings. The maximum Gasteiger partial charge on any atom is 0.144 e. The third-order valence-electron chi connectivity index (χ3n) is 5.35. The fourth-order valence-corrected chi connectivity index (χ4v) is 3.72. The zero-order chi connectivity index (χ0) is 21.5. The molecule has 162 valence electrons. The molecule has 1 unspecified atom stereocenters. The number of aromatic nitrogens is 4. The van der Waals surface area contributed by atoms with E-state index in [4.69, 9.17) is 9.72 Å². The molecule has 2 N–H and O–H groups in total. The summed E-state index contributed by atoms with van der Waals surface area (Å²) in [6.07, 6.45) is 8.58. The van der Waals surface area contributed by atoms with Crippen LogP contribution in [0.4, 0.5) is 0 Å². The molecular formula is C23H33N5O2. The highest BCUT2D eigenvalue weighted by atomic mass is 16.5. The number of ether oxygens (including phenoxy) is 1. The van der Waals surface area contributed by atoms with Gasteiger partial charge in [0.1, 0.15) is 18.2 Å². The van der Waals surface area contributed by atoms with Crippen molar-refractivity contribution in [2.75, 3.05) is 13.7 Å². The van der Waals surface area contributed by atoms with Crippen LogP contribution in [0.3, 0.4) is 0 Å². The quantitative estimate of drug-likeness (QED) is 0.371. The predicted octanol–water partition coefficient (Wildman–Crippen LogP) is 3.56. The van der Waals surface area contributed by atoms with Crippen LogP contribution in [0, 0.1) is 0 Å². The number of aliphatic hydroxyl groups excluding tert-OH is 1. The molecule has 0 aliphatic heterocycles. The van der Waals surface area contributed by atoms with Crippen molar-refractivity contribution in [2.45, 2.75) is 65.2 Å². The summed E-state index contributed by atoms with van der Waals surface area (Å²) in [4.78, 5) is 13.2. The van der Waals surface area contributed by atoms with Crippen molar-refractivity contribution in [1.29, 1.82) is 0 Å². The first kappa shape index (κ1) is 22.3. The minimum Gasteiger partial charge on any atom is -0.378 e. The van der Waals surface area contributed by atoms with Gasteiger partial charge in [0.15, 0.2) is 0 Å². The van der Waals surface area contributed by atoms with Gasteiger partial charge in [0.2, 0.25) is 0 Å². The lowest BCUT2D eigenvalue weighted by Crippen LogP contribution is -2.22. The standard InChI is InChI=1S/C23H33N5O2/c1-5-17-13-24-15-26-20(17)8-6-7-10-25-23(29)19-9-11-28-21(16(2)3)12-18(14-30-4)27-22(19)28/h9,11-13,15-16,23,25,29H,5-8,10,14H2,1-4H3. The molecule has 0 aliphatic rings. The van der Waals surface area contributed by atoms with Crippen molar-refractivity contribution in [1.82, 2.24) is 24.7 Å². The molecule has 0 amide bonds. The van der Waals surface area contributed by atoms with Gasteiger partial charge in [-0.1, -0.05) is 20.8 Å². The molecule has 3 rings (SSSR count). The van der Waals surface area contributed by atoms with E-state index in [-0.39, 0.29) is 0 Å². The summed E-state index contributed by atoms with van der Waals surface area (Å²) >= 11 is 0. The molecule has 30 heavy (non-hydrogen) atoms. The Balaban J connectivity index is 1.62. The Morgan fingerprint density at radius 2 is 2.10 bits per heavy atom. The van der Waals surface area contributed by atoms with Gasteiger partial charge in [0, 0.05) is 36.5 Å². The number of methoxy groups -OCH3 is 1. The second kappa shape index (κ2) is 10.6. The van der Waals surface area contributed by atoms with E-state index in [1.807, 2.05) is 18.5 Å². The smallest absolute Gasteiger partial charge is 0.144 e. The summed E-state index contributed by atoms with van der Waals surface area (Å²) in [5, 5.41) is 14.0. The Kier molecular flexibility index (Phi) is 7.90. The summed E-state index contributed by atoms with van der Waals surface area (Å²) in [6, 6.07) is 4.01. The van der Waals surface area contributed by atoms with Crippen LogP contribution in [0.5, 0.6) is 0 Å². The number of aryl methyl sites for hydroxylation is 2. The number of nitrogens with zero attached hydrogens (tertiary/aromatic N) is 4. The van der Waals surface area contributed by atoms with Crippen molar-refractivity contribution >= 4 is 5.65 Å². The zero-order valence-corrected chi connectivity index (χ0v) is 18.4. The lowest BCUT2D eigenvalue weighted by molar-refractivity contribution is 0.140. The van der Waals surface area contributed by atoms with E-state index in [1.165, 1.54) is 5.56 Å². The molecule has 0 aliphatic carbocycles. The fraction of sp³-hybridized carbons (Fsp3) is 0.522. The molecule has 0 fully saturated rings. The number of nitrogens with one attached hydrogen (secondary N) is 1. The van der Waals surface area contributed by atoms with Gasteiger partial charge in [0.05, 0.1) is 12.3 Å². The number of aliphatic hydroxyl groups is 1. The zero-order valence-electron chi connectivity index (χ0n) is 18.4. The van der Waals surface area contributed by atoms with Crippen molar-refractivity contribution in [2.24, 2.45) is 0 Å². The molecule has 7 heteroatoms. The summed E-state index contributed by atoms with van der Waals surface area (Å²) in [5.74, 6) is 0.339. The molecule has 3 aromatic heterocycles. The van der Waals surface area contributed by atoms with Crippen molar-refractivity contribution in [3.8, 4) is 0 Å². The molecule has 1 atom stereocenters. The number of hydrogen-bond acceptors (Lipinski definition) is 6. The van der Waals surface area contributed by atoms with Gasteiger partial charge < -0.3 is 14.2 Å². The first-order valence-corrected chi connectivity index (χ1v) is 10.7. The Morgan fingerprint density at radius 3 is 2.83 bits per heavy atom. The first-order chi connectivity index (χ1) is 14.5. The normalized spacial score (nSPS) is 12.7. The second-order valence-electron chi connectivity index (χ2n) is 7.89. The number of unbranched alkanes of at least 4 members (excludes halogenated alkanes) is 1. The van der Waals surface area contributed by atoms with Crippen LogP contribution in [0.25, 0.3) is 5.65 Å². The highest BCUT2D eigenvalue weighted by Gasteiger charge is 2.17. The van der Waals surface area contributed by atoms with Gasteiger partial charge in [-0.05, 0) is 55.8 Å². The van der Waals surface area contributed by atoms with E-state index in [0.29, 0.717) is 12.5 Å². The van der Waals surface area contributed by atoms with Crippen LogP contribution in [0.1, 0.15) is 74.0 Å². The van der Waals surface area contributed by atoms with Crippen LogP contribution < -0.4 is 5.32 Å². The molecule has 0 aromatic carbocycles. The van der Waals surface area contributed by atoms with Gasteiger partial charge in [0.25, 0.3) is 0 Å². The summed E-state index contributed by atoms with van der Waals surface area (Å²) < 4.78 is 7.34. The summed E-state index contributed by atoms with van der Waals surface area (Å²) in [6.45, 7) is 7.61.